The second-order valence-corrected chi connectivity index (χ2v) is 3.69. The van der Waals surface area contributed by atoms with Gasteiger partial charge < -0.3 is 4.74 Å². The molecule has 0 bridgehead atoms. The Balaban J connectivity index is 2.20. The van der Waals surface area contributed by atoms with E-state index < -0.39 is 0 Å². The normalized spacial score (nSPS) is 9.94. The lowest BCUT2D eigenvalue weighted by atomic mass is 10.0. The van der Waals surface area contributed by atoms with Crippen molar-refractivity contribution in [1.29, 1.82) is 0 Å². The number of benzene rings is 2. The third-order valence-electron chi connectivity index (χ3n) is 2.37. The van der Waals surface area contributed by atoms with E-state index in [2.05, 4.69) is 0 Å². The molecule has 0 heterocycles. The topological polar surface area (TPSA) is 26.3 Å². The van der Waals surface area contributed by atoms with Crippen LogP contribution in [0.2, 0.25) is 0 Å². The predicted octanol–water partition coefficient (Wildman–Crippen LogP) is 3.49. The summed E-state index contributed by atoms with van der Waals surface area (Å²) < 4.78 is 5.10. The molecule has 0 fully saturated rings. The van der Waals surface area contributed by atoms with Crippen LogP contribution in [0.4, 0.5) is 0 Å². The van der Waals surface area contributed by atoms with Gasteiger partial charge in [-0.3, -0.25) is 4.79 Å². The van der Waals surface area contributed by atoms with E-state index >= 15 is 0 Å². The lowest BCUT2D eigenvalue weighted by Gasteiger charge is -2.03. The summed E-state index contributed by atoms with van der Waals surface area (Å²) in [6, 6.07) is 16.2. The Kier molecular flexibility index (Phi) is 3.78. The van der Waals surface area contributed by atoms with Gasteiger partial charge in [0, 0.05) is 11.1 Å². The molecule has 0 aliphatic rings. The monoisotopic (exact) mass is 246 g/mol. The van der Waals surface area contributed by atoms with Crippen molar-refractivity contribution < 1.29 is 9.53 Å². The van der Waals surface area contributed by atoms with Gasteiger partial charge in [-0.25, -0.2) is 0 Å². The summed E-state index contributed by atoms with van der Waals surface area (Å²) in [5.74, 6) is 0.660. The fraction of sp³-hybridized carbons (Fsp3) is 0.0714. The van der Waals surface area contributed by atoms with Gasteiger partial charge in [-0.05, 0) is 24.3 Å². The molecule has 2 nitrogen and oxygen atoms in total. The van der Waals surface area contributed by atoms with Gasteiger partial charge in [-0.15, -0.1) is 0 Å². The molecule has 0 saturated heterocycles. The van der Waals surface area contributed by atoms with Gasteiger partial charge in [0.2, 0.25) is 0 Å². The Morgan fingerprint density at radius 1 is 0.941 bits per heavy atom. The van der Waals surface area contributed by atoms with E-state index in [4.69, 9.17) is 16.3 Å². The molecule has 0 amide bonds. The van der Waals surface area contributed by atoms with Gasteiger partial charge in [0.25, 0.3) is 0 Å². The second kappa shape index (κ2) is 5.51. The first kappa shape index (κ1) is 11.7. The fourth-order valence-electron chi connectivity index (χ4n) is 1.52. The maximum atomic E-state index is 12.0. The molecule has 0 aliphatic heterocycles. The van der Waals surface area contributed by atoms with Crippen LogP contribution in [0.15, 0.2) is 54.6 Å². The van der Waals surface area contributed by atoms with E-state index in [0.717, 1.165) is 0 Å². The minimum atomic E-state index is 0.00280. The molecule has 2 aromatic carbocycles. The first-order valence-electron chi connectivity index (χ1n) is 5.20. The number of ether oxygens (including phenoxy) is 1. The molecule has 0 saturated carbocycles. The Morgan fingerprint density at radius 2 is 1.53 bits per heavy atom. The Morgan fingerprint density at radius 3 is 2.12 bits per heavy atom. The number of carbonyl (C=O) groups is 1. The number of hydrogen-bond acceptors (Lipinski definition) is 2. The molecule has 0 radical (unpaired) electrons. The summed E-state index contributed by atoms with van der Waals surface area (Å²) in [6.45, 7) is 0. The molecule has 0 spiro atoms. The van der Waals surface area contributed by atoms with Crippen molar-refractivity contribution in [2.75, 3.05) is 6.07 Å². The zero-order valence-electron chi connectivity index (χ0n) is 9.10. The summed E-state index contributed by atoms with van der Waals surface area (Å²) in [6.07, 6.45) is 0. The molecule has 0 N–H and O–H groups in total. The van der Waals surface area contributed by atoms with Crippen molar-refractivity contribution >= 4 is 17.4 Å². The summed E-state index contributed by atoms with van der Waals surface area (Å²) in [4.78, 5) is 12.0. The molecule has 2 rings (SSSR count). The van der Waals surface area contributed by atoms with Gasteiger partial charge in [0.1, 0.15) is 5.75 Å². The quantitative estimate of drug-likeness (QED) is 0.610. The molecule has 3 heteroatoms. The SMILES string of the molecule is O=C(c1ccccc1)c1ccc(OCCl)cc1. The van der Waals surface area contributed by atoms with Crippen LogP contribution in [0.1, 0.15) is 15.9 Å². The minimum Gasteiger partial charge on any atom is -0.478 e. The van der Waals surface area contributed by atoms with Crippen molar-refractivity contribution in [2.45, 2.75) is 0 Å². The van der Waals surface area contributed by atoms with E-state index in [1.165, 1.54) is 0 Å². The lowest BCUT2D eigenvalue weighted by molar-refractivity contribution is 0.103. The first-order valence-corrected chi connectivity index (χ1v) is 5.73. The van der Waals surface area contributed by atoms with Gasteiger partial charge in [0.05, 0.1) is 0 Å². The van der Waals surface area contributed by atoms with Gasteiger partial charge in [0.15, 0.2) is 11.8 Å². The lowest BCUT2D eigenvalue weighted by Crippen LogP contribution is -2.00. The molecule has 0 aromatic heterocycles. The average Bonchev–Trinajstić information content (AvgIpc) is 2.40. The van der Waals surface area contributed by atoms with Crippen LogP contribution in [-0.2, 0) is 0 Å². The van der Waals surface area contributed by atoms with Crippen LogP contribution in [-0.4, -0.2) is 11.8 Å². The standard InChI is InChI=1S/C14H11ClO2/c15-10-17-13-8-6-12(7-9-13)14(16)11-4-2-1-3-5-11/h1-9H,10H2. The van der Waals surface area contributed by atoms with E-state index in [9.17, 15) is 4.79 Å². The molecule has 17 heavy (non-hydrogen) atoms. The molecule has 0 atom stereocenters. The van der Waals surface area contributed by atoms with Crippen molar-refractivity contribution in [3.63, 3.8) is 0 Å². The summed E-state index contributed by atoms with van der Waals surface area (Å²) in [5, 5.41) is 0. The second-order valence-electron chi connectivity index (χ2n) is 3.47. The molecule has 86 valence electrons. The highest BCUT2D eigenvalue weighted by Gasteiger charge is 2.07. The van der Waals surface area contributed by atoms with E-state index in [1.807, 2.05) is 18.2 Å². The number of carbonyl (C=O) groups excluding carboxylic acids is 1. The maximum Gasteiger partial charge on any atom is 0.193 e. The minimum absolute atomic E-state index is 0.00280. The number of ketones is 1. The zero-order chi connectivity index (χ0) is 12.1. The third-order valence-corrected chi connectivity index (χ3v) is 2.48. The highest BCUT2D eigenvalue weighted by molar-refractivity contribution is 6.17. The highest BCUT2D eigenvalue weighted by Crippen LogP contribution is 2.15. The van der Waals surface area contributed by atoms with Crippen molar-refractivity contribution in [1.82, 2.24) is 0 Å². The van der Waals surface area contributed by atoms with Crippen LogP contribution in [0.3, 0.4) is 0 Å². The number of halogens is 1. The van der Waals surface area contributed by atoms with Gasteiger partial charge in [-0.2, -0.15) is 0 Å². The number of alkyl halides is 1. The molecular weight excluding hydrogens is 236 g/mol. The van der Waals surface area contributed by atoms with Crippen molar-refractivity contribution in [3.8, 4) is 5.75 Å². The van der Waals surface area contributed by atoms with Crippen molar-refractivity contribution in [2.24, 2.45) is 0 Å². The summed E-state index contributed by atoms with van der Waals surface area (Å²) in [7, 11) is 0. The Bertz CT molecular complexity index is 491. The molecular formula is C14H11ClO2. The smallest absolute Gasteiger partial charge is 0.193 e. The van der Waals surface area contributed by atoms with Crippen LogP contribution < -0.4 is 4.74 Å². The zero-order valence-corrected chi connectivity index (χ0v) is 9.85. The predicted molar refractivity (Wildman–Crippen MR) is 67.7 cm³/mol. The van der Waals surface area contributed by atoms with Crippen LogP contribution in [0, 0.1) is 0 Å². The van der Waals surface area contributed by atoms with E-state index in [1.54, 1.807) is 36.4 Å². The number of rotatable bonds is 4. The summed E-state index contributed by atoms with van der Waals surface area (Å²) in [5.41, 5.74) is 1.32. The average molecular weight is 247 g/mol. The fourth-order valence-corrected chi connectivity index (χ4v) is 1.65. The van der Waals surface area contributed by atoms with Crippen LogP contribution in [0.5, 0.6) is 5.75 Å². The Labute approximate surface area is 105 Å². The van der Waals surface area contributed by atoms with E-state index in [-0.39, 0.29) is 11.8 Å². The first-order chi connectivity index (χ1) is 8.31. The van der Waals surface area contributed by atoms with Crippen LogP contribution >= 0.6 is 11.6 Å². The van der Waals surface area contributed by atoms with Gasteiger partial charge in [-0.1, -0.05) is 41.9 Å². The third kappa shape index (κ3) is 2.86. The maximum absolute atomic E-state index is 12.0. The van der Waals surface area contributed by atoms with Crippen molar-refractivity contribution in [3.05, 3.63) is 65.7 Å². The summed E-state index contributed by atoms with van der Waals surface area (Å²) >= 11 is 5.45. The Hall–Kier alpha value is -1.80. The molecule has 0 unspecified atom stereocenters. The van der Waals surface area contributed by atoms with Crippen LogP contribution in [0.25, 0.3) is 0 Å². The van der Waals surface area contributed by atoms with E-state index in [0.29, 0.717) is 16.9 Å². The largest absolute Gasteiger partial charge is 0.478 e. The molecule has 2 aromatic rings. The molecule has 0 aliphatic carbocycles. The highest BCUT2D eigenvalue weighted by atomic mass is 35.5. The number of hydrogen-bond donors (Lipinski definition) is 0. The van der Waals surface area contributed by atoms with Gasteiger partial charge >= 0.3 is 0 Å².